The number of nitrogens with zero attached hydrogens (tertiary/aromatic N) is 2. The maximum absolute atomic E-state index is 4.72. The zero-order chi connectivity index (χ0) is 6.24. The predicted octanol–water partition coefficient (Wildman–Crippen LogP) is -0.361. The van der Waals surface area contributed by atoms with E-state index in [-0.39, 0.29) is 0 Å². The summed E-state index contributed by atoms with van der Waals surface area (Å²) in [6.45, 7) is 1.81. The fourth-order valence-electron chi connectivity index (χ4n) is 0.164. The fraction of sp³-hybridized carbons (Fsp3) is 0.250. The average Bonchev–Trinajstić information content (AvgIpc) is 1.81. The molecule has 0 saturated carbocycles. The summed E-state index contributed by atoms with van der Waals surface area (Å²) in [5.74, 6) is 7.24. The molecule has 0 saturated heterocycles. The summed E-state index contributed by atoms with van der Waals surface area (Å²) in [6, 6.07) is 0. The number of hydrazone groups is 2. The van der Waals surface area contributed by atoms with Gasteiger partial charge in [0.1, 0.15) is 6.34 Å². The van der Waals surface area contributed by atoms with Gasteiger partial charge < -0.3 is 5.84 Å². The number of allylic oxidation sites excluding steroid dienone is 1. The van der Waals surface area contributed by atoms with Crippen molar-refractivity contribution >= 4 is 12.2 Å². The van der Waals surface area contributed by atoms with Gasteiger partial charge in [-0.05, 0) is 13.0 Å². The standard InChI is InChI=1S/C4H8N4/c1-2-3-7-8-4-6-5/h2,4H,5H2,1H3,(H,6,8). The van der Waals surface area contributed by atoms with E-state index in [1.54, 1.807) is 6.08 Å². The SMILES string of the molecule is CC=C=NNC=NN. The maximum Gasteiger partial charge on any atom is 0.129 e. The number of hydrogen-bond donors (Lipinski definition) is 2. The van der Waals surface area contributed by atoms with Crippen molar-refractivity contribution in [2.75, 3.05) is 0 Å². The summed E-state index contributed by atoms with van der Waals surface area (Å²) in [5, 5.41) is 6.62. The van der Waals surface area contributed by atoms with Crippen molar-refractivity contribution in [3.8, 4) is 0 Å². The van der Waals surface area contributed by atoms with E-state index in [1.165, 1.54) is 6.34 Å². The summed E-state index contributed by atoms with van der Waals surface area (Å²) < 4.78 is 0. The Morgan fingerprint density at radius 3 is 3.00 bits per heavy atom. The Labute approximate surface area is 47.8 Å². The van der Waals surface area contributed by atoms with Crippen molar-refractivity contribution in [3.63, 3.8) is 0 Å². The second kappa shape index (κ2) is 5.72. The van der Waals surface area contributed by atoms with Gasteiger partial charge in [-0.25, -0.2) is 0 Å². The molecule has 0 spiro atoms. The van der Waals surface area contributed by atoms with Crippen molar-refractivity contribution in [1.82, 2.24) is 5.43 Å². The first kappa shape index (κ1) is 6.72. The minimum absolute atomic E-state index is 1.26. The summed E-state index contributed by atoms with van der Waals surface area (Å²) in [4.78, 5) is 0. The topological polar surface area (TPSA) is 62.8 Å². The summed E-state index contributed by atoms with van der Waals surface area (Å²) in [5.41, 5.74) is 2.40. The van der Waals surface area contributed by atoms with Gasteiger partial charge in [0, 0.05) is 5.87 Å². The molecule has 0 aromatic heterocycles. The lowest BCUT2D eigenvalue weighted by Crippen LogP contribution is -2.01. The molecule has 0 heterocycles. The normalized spacial score (nSPS) is 8.12. The molecule has 4 heteroatoms. The Morgan fingerprint density at radius 1 is 1.75 bits per heavy atom. The van der Waals surface area contributed by atoms with E-state index in [4.69, 9.17) is 5.84 Å². The summed E-state index contributed by atoms with van der Waals surface area (Å²) >= 11 is 0. The van der Waals surface area contributed by atoms with E-state index < -0.39 is 0 Å². The molecule has 44 valence electrons. The van der Waals surface area contributed by atoms with Crippen LogP contribution in [0.5, 0.6) is 0 Å². The summed E-state index contributed by atoms with van der Waals surface area (Å²) in [6.07, 6.45) is 2.92. The molecule has 0 radical (unpaired) electrons. The molecule has 0 aromatic rings. The van der Waals surface area contributed by atoms with Crippen LogP contribution in [0, 0.1) is 0 Å². The van der Waals surface area contributed by atoms with Crippen LogP contribution in [-0.4, -0.2) is 12.2 Å². The largest absolute Gasteiger partial charge is 0.322 e. The fourth-order valence-corrected chi connectivity index (χ4v) is 0.164. The van der Waals surface area contributed by atoms with Gasteiger partial charge in [-0.3, -0.25) is 5.43 Å². The second-order valence-corrected chi connectivity index (χ2v) is 0.937. The highest BCUT2D eigenvalue weighted by Gasteiger charge is 1.56. The molecule has 0 unspecified atom stereocenters. The van der Waals surface area contributed by atoms with Gasteiger partial charge in [0.05, 0.1) is 0 Å². The average molecular weight is 112 g/mol. The molecule has 0 aliphatic heterocycles. The van der Waals surface area contributed by atoms with Gasteiger partial charge in [0.2, 0.25) is 0 Å². The maximum atomic E-state index is 4.72. The van der Waals surface area contributed by atoms with Crippen LogP contribution in [0.1, 0.15) is 6.92 Å². The summed E-state index contributed by atoms with van der Waals surface area (Å²) in [7, 11) is 0. The Balaban J connectivity index is 3.30. The van der Waals surface area contributed by atoms with Crippen molar-refractivity contribution < 1.29 is 0 Å². The first-order chi connectivity index (χ1) is 3.91. The zero-order valence-electron chi connectivity index (χ0n) is 4.63. The van der Waals surface area contributed by atoms with E-state index >= 15 is 0 Å². The molecule has 3 N–H and O–H groups in total. The number of nitrogens with one attached hydrogen (secondary N) is 1. The van der Waals surface area contributed by atoms with E-state index in [9.17, 15) is 0 Å². The van der Waals surface area contributed by atoms with Crippen molar-refractivity contribution in [2.24, 2.45) is 16.0 Å². The highest BCUT2D eigenvalue weighted by molar-refractivity contribution is 5.57. The molecule has 0 atom stereocenters. The van der Waals surface area contributed by atoms with Gasteiger partial charge in [-0.15, -0.1) is 5.10 Å². The first-order valence-corrected chi connectivity index (χ1v) is 2.12. The lowest BCUT2D eigenvalue weighted by Gasteiger charge is -1.78. The Hall–Kier alpha value is -1.28. The van der Waals surface area contributed by atoms with E-state index in [0.29, 0.717) is 0 Å². The smallest absolute Gasteiger partial charge is 0.129 e. The van der Waals surface area contributed by atoms with Crippen LogP contribution in [0.2, 0.25) is 0 Å². The molecule has 0 aliphatic rings. The minimum Gasteiger partial charge on any atom is -0.322 e. The third-order valence-electron chi connectivity index (χ3n) is 0.390. The first-order valence-electron chi connectivity index (χ1n) is 2.12. The Bertz CT molecular complexity index is 120. The van der Waals surface area contributed by atoms with Crippen LogP contribution >= 0.6 is 0 Å². The van der Waals surface area contributed by atoms with Gasteiger partial charge in [0.15, 0.2) is 0 Å². The second-order valence-electron chi connectivity index (χ2n) is 0.937. The van der Waals surface area contributed by atoms with Gasteiger partial charge in [-0.2, -0.15) is 5.10 Å². The number of nitrogens with two attached hydrogens (primary N) is 1. The lowest BCUT2D eigenvalue weighted by atomic mass is 10.8. The molecule has 0 aliphatic carbocycles. The molecule has 8 heavy (non-hydrogen) atoms. The van der Waals surface area contributed by atoms with Crippen LogP contribution < -0.4 is 11.3 Å². The highest BCUT2D eigenvalue weighted by Crippen LogP contribution is 1.48. The van der Waals surface area contributed by atoms with E-state index in [2.05, 4.69) is 21.5 Å². The predicted molar refractivity (Wildman–Crippen MR) is 33.5 cm³/mol. The van der Waals surface area contributed by atoms with Crippen LogP contribution in [0.3, 0.4) is 0 Å². The minimum atomic E-state index is 1.26. The van der Waals surface area contributed by atoms with E-state index in [0.717, 1.165) is 0 Å². The van der Waals surface area contributed by atoms with Crippen LogP contribution in [0.15, 0.2) is 16.3 Å². The van der Waals surface area contributed by atoms with Crippen molar-refractivity contribution in [2.45, 2.75) is 6.92 Å². The molecular weight excluding hydrogens is 104 g/mol. The molecular formula is C4H8N4. The van der Waals surface area contributed by atoms with Crippen LogP contribution in [-0.2, 0) is 0 Å². The van der Waals surface area contributed by atoms with Gasteiger partial charge in [-0.1, -0.05) is 0 Å². The third kappa shape index (κ3) is 4.72. The van der Waals surface area contributed by atoms with Crippen molar-refractivity contribution in [1.29, 1.82) is 0 Å². The molecule has 0 fully saturated rings. The highest BCUT2D eigenvalue weighted by atomic mass is 15.3. The lowest BCUT2D eigenvalue weighted by molar-refractivity contribution is 1.05. The zero-order valence-corrected chi connectivity index (χ0v) is 4.63. The van der Waals surface area contributed by atoms with Crippen molar-refractivity contribution in [3.05, 3.63) is 6.08 Å². The van der Waals surface area contributed by atoms with Crippen LogP contribution in [0.25, 0.3) is 0 Å². The van der Waals surface area contributed by atoms with Gasteiger partial charge >= 0.3 is 0 Å². The molecule has 4 nitrogen and oxygen atoms in total. The Kier molecular flexibility index (Phi) is 4.80. The monoisotopic (exact) mass is 112 g/mol. The molecule has 0 amide bonds. The third-order valence-corrected chi connectivity index (χ3v) is 0.390. The molecule has 0 rings (SSSR count). The molecule has 0 bridgehead atoms. The number of hydrogen-bond acceptors (Lipinski definition) is 3. The van der Waals surface area contributed by atoms with Gasteiger partial charge in [0.25, 0.3) is 0 Å². The Morgan fingerprint density at radius 2 is 2.50 bits per heavy atom. The quantitative estimate of drug-likeness (QED) is 0.222. The molecule has 0 aromatic carbocycles. The van der Waals surface area contributed by atoms with Crippen LogP contribution in [0.4, 0.5) is 0 Å². The number of rotatable bonds is 2. The van der Waals surface area contributed by atoms with E-state index in [1.807, 2.05) is 6.92 Å².